The molecule has 2 amide bonds. The van der Waals surface area contributed by atoms with Crippen LogP contribution in [0.1, 0.15) is 78.6 Å². The number of rotatable bonds is 6. The number of thiophene rings is 1. The van der Waals surface area contributed by atoms with Gasteiger partial charge in [0.2, 0.25) is 5.91 Å². The van der Waals surface area contributed by atoms with Crippen LogP contribution in [0.5, 0.6) is 0 Å². The monoisotopic (exact) mass is 378 g/mol. The molecule has 3 rings (SSSR count). The van der Waals surface area contributed by atoms with Gasteiger partial charge in [-0.1, -0.05) is 19.3 Å². The number of aliphatic carboxylic acids is 1. The first-order valence-electron chi connectivity index (χ1n) is 9.36. The molecule has 0 aromatic carbocycles. The highest BCUT2D eigenvalue weighted by molar-refractivity contribution is 7.17. The van der Waals surface area contributed by atoms with Crippen LogP contribution in [0.15, 0.2) is 0 Å². The normalized spacial score (nSPS) is 18.8. The number of fused-ring (bicyclic) bond motifs is 1. The minimum Gasteiger partial charge on any atom is -0.481 e. The predicted molar refractivity (Wildman–Crippen MR) is 100 cm³/mol. The molecule has 0 aliphatic heterocycles. The third kappa shape index (κ3) is 4.09. The van der Waals surface area contributed by atoms with Gasteiger partial charge in [0.15, 0.2) is 0 Å². The minimum absolute atomic E-state index is 0.0179. The molecule has 2 aliphatic carbocycles. The molecule has 1 saturated carbocycles. The zero-order valence-electron chi connectivity index (χ0n) is 14.9. The fourth-order valence-corrected chi connectivity index (χ4v) is 5.78. The number of amides is 2. The molecule has 2 aliphatic rings. The van der Waals surface area contributed by atoms with Crippen LogP contribution in [0.4, 0.5) is 5.00 Å². The standard InChI is InChI=1S/C19H26N2O4S/c20-17(25)16-12-6-2-1-3-7-13(12)26-18(16)21-14(22)10-19(11-15(23)24)8-4-5-9-19/h1-11H2,(H2,20,25)(H,21,22)(H,23,24). The number of carbonyl (C=O) groups is 3. The molecule has 6 nitrogen and oxygen atoms in total. The Labute approximate surface area is 157 Å². The molecule has 1 fully saturated rings. The van der Waals surface area contributed by atoms with E-state index in [-0.39, 0.29) is 18.7 Å². The number of carboxylic acids is 1. The smallest absolute Gasteiger partial charge is 0.303 e. The fraction of sp³-hybridized carbons (Fsp3) is 0.632. The van der Waals surface area contributed by atoms with Crippen LogP contribution in [-0.2, 0) is 22.4 Å². The van der Waals surface area contributed by atoms with E-state index < -0.39 is 17.3 Å². The number of aryl methyl sites for hydroxylation is 1. The van der Waals surface area contributed by atoms with Crippen LogP contribution >= 0.6 is 11.3 Å². The van der Waals surface area contributed by atoms with E-state index in [1.807, 2.05) is 0 Å². The van der Waals surface area contributed by atoms with Crippen molar-refractivity contribution in [1.29, 1.82) is 0 Å². The molecule has 0 bridgehead atoms. The zero-order valence-corrected chi connectivity index (χ0v) is 15.8. The molecule has 1 aromatic rings. The van der Waals surface area contributed by atoms with Crippen molar-refractivity contribution in [2.45, 2.75) is 70.6 Å². The number of anilines is 1. The Hall–Kier alpha value is -1.89. The first-order valence-corrected chi connectivity index (χ1v) is 10.2. The van der Waals surface area contributed by atoms with E-state index in [1.165, 1.54) is 11.3 Å². The van der Waals surface area contributed by atoms with Crippen molar-refractivity contribution in [3.05, 3.63) is 16.0 Å². The van der Waals surface area contributed by atoms with E-state index in [2.05, 4.69) is 5.32 Å². The highest BCUT2D eigenvalue weighted by Gasteiger charge is 2.38. The molecule has 0 unspecified atom stereocenters. The highest BCUT2D eigenvalue weighted by Crippen LogP contribution is 2.45. The number of primary amides is 1. The Bertz CT molecular complexity index is 719. The third-order valence-electron chi connectivity index (χ3n) is 5.65. The molecule has 142 valence electrons. The second-order valence-electron chi connectivity index (χ2n) is 7.64. The molecular formula is C19H26N2O4S. The van der Waals surface area contributed by atoms with E-state index in [1.54, 1.807) is 0 Å². The largest absolute Gasteiger partial charge is 0.481 e. The summed E-state index contributed by atoms with van der Waals surface area (Å²) in [6.45, 7) is 0. The van der Waals surface area contributed by atoms with Crippen LogP contribution < -0.4 is 11.1 Å². The molecule has 4 N–H and O–H groups in total. The van der Waals surface area contributed by atoms with Gasteiger partial charge >= 0.3 is 5.97 Å². The summed E-state index contributed by atoms with van der Waals surface area (Å²) in [5, 5.41) is 12.6. The first-order chi connectivity index (χ1) is 12.4. The SMILES string of the molecule is NC(=O)c1c(NC(=O)CC2(CC(=O)O)CCCC2)sc2c1CCCCC2. The summed E-state index contributed by atoms with van der Waals surface area (Å²) in [4.78, 5) is 37.0. The van der Waals surface area contributed by atoms with Crippen molar-refractivity contribution in [2.24, 2.45) is 11.1 Å². The molecule has 1 heterocycles. The summed E-state index contributed by atoms with van der Waals surface area (Å²) >= 11 is 1.45. The van der Waals surface area contributed by atoms with Crippen molar-refractivity contribution in [2.75, 3.05) is 5.32 Å². The Morgan fingerprint density at radius 2 is 1.73 bits per heavy atom. The van der Waals surface area contributed by atoms with Gasteiger partial charge in [0.25, 0.3) is 5.91 Å². The number of hydrogen-bond donors (Lipinski definition) is 3. The highest BCUT2D eigenvalue weighted by atomic mass is 32.1. The Kier molecular flexibility index (Phi) is 5.65. The maximum atomic E-state index is 12.7. The van der Waals surface area contributed by atoms with Gasteiger partial charge in [-0.25, -0.2) is 0 Å². The molecule has 26 heavy (non-hydrogen) atoms. The van der Waals surface area contributed by atoms with Crippen molar-refractivity contribution in [1.82, 2.24) is 0 Å². The fourth-order valence-electron chi connectivity index (χ4n) is 4.46. The Morgan fingerprint density at radius 1 is 1.04 bits per heavy atom. The van der Waals surface area contributed by atoms with Gasteiger partial charge in [0.05, 0.1) is 12.0 Å². The lowest BCUT2D eigenvalue weighted by atomic mass is 9.79. The second-order valence-corrected chi connectivity index (χ2v) is 8.74. The first kappa shape index (κ1) is 18.9. The molecule has 0 spiro atoms. The lowest BCUT2D eigenvalue weighted by molar-refractivity contribution is -0.140. The van der Waals surface area contributed by atoms with Crippen molar-refractivity contribution < 1.29 is 19.5 Å². The van der Waals surface area contributed by atoms with Crippen LogP contribution in [0, 0.1) is 5.41 Å². The molecule has 0 saturated heterocycles. The molecule has 0 atom stereocenters. The van der Waals surface area contributed by atoms with E-state index in [0.29, 0.717) is 10.6 Å². The van der Waals surface area contributed by atoms with Crippen molar-refractivity contribution >= 4 is 34.1 Å². The summed E-state index contributed by atoms with van der Waals surface area (Å²) in [7, 11) is 0. The lowest BCUT2D eigenvalue weighted by Gasteiger charge is -2.26. The van der Waals surface area contributed by atoms with Crippen LogP contribution in [0.2, 0.25) is 0 Å². The van der Waals surface area contributed by atoms with E-state index in [4.69, 9.17) is 5.73 Å². The van der Waals surface area contributed by atoms with Gasteiger partial charge < -0.3 is 16.2 Å². The maximum Gasteiger partial charge on any atom is 0.303 e. The Balaban J connectivity index is 1.78. The third-order valence-corrected chi connectivity index (χ3v) is 6.85. The quantitative estimate of drug-likeness (QED) is 0.658. The Morgan fingerprint density at radius 3 is 2.38 bits per heavy atom. The average molecular weight is 378 g/mol. The van der Waals surface area contributed by atoms with Gasteiger partial charge in [-0.15, -0.1) is 11.3 Å². The van der Waals surface area contributed by atoms with Gasteiger partial charge in [-0.2, -0.15) is 0 Å². The lowest BCUT2D eigenvalue weighted by Crippen LogP contribution is -2.28. The summed E-state index contributed by atoms with van der Waals surface area (Å²) in [6, 6.07) is 0. The van der Waals surface area contributed by atoms with Gasteiger partial charge in [0, 0.05) is 11.3 Å². The summed E-state index contributed by atoms with van der Waals surface area (Å²) in [6.07, 6.45) is 8.62. The summed E-state index contributed by atoms with van der Waals surface area (Å²) in [5.74, 6) is -1.58. The molecule has 7 heteroatoms. The van der Waals surface area contributed by atoms with E-state index in [0.717, 1.165) is 68.2 Å². The van der Waals surface area contributed by atoms with Crippen molar-refractivity contribution in [3.63, 3.8) is 0 Å². The maximum absolute atomic E-state index is 12.7. The predicted octanol–water partition coefficient (Wildman–Crippen LogP) is 3.48. The van der Waals surface area contributed by atoms with Crippen LogP contribution in [0.3, 0.4) is 0 Å². The number of carbonyl (C=O) groups excluding carboxylic acids is 2. The number of nitrogens with two attached hydrogens (primary N) is 1. The summed E-state index contributed by atoms with van der Waals surface area (Å²) in [5.41, 5.74) is 6.60. The summed E-state index contributed by atoms with van der Waals surface area (Å²) < 4.78 is 0. The van der Waals surface area contributed by atoms with Gasteiger partial charge in [0.1, 0.15) is 5.00 Å². The topological polar surface area (TPSA) is 109 Å². The van der Waals surface area contributed by atoms with Gasteiger partial charge in [-0.3, -0.25) is 14.4 Å². The zero-order chi connectivity index (χ0) is 18.7. The number of nitrogens with one attached hydrogen (secondary N) is 1. The molecule has 0 radical (unpaired) electrons. The van der Waals surface area contributed by atoms with Crippen molar-refractivity contribution in [3.8, 4) is 0 Å². The average Bonchev–Trinajstić information content (AvgIpc) is 3.04. The minimum atomic E-state index is -0.861. The van der Waals surface area contributed by atoms with E-state index in [9.17, 15) is 19.5 Å². The second kappa shape index (κ2) is 7.78. The molecular weight excluding hydrogens is 352 g/mol. The van der Waals surface area contributed by atoms with E-state index >= 15 is 0 Å². The van der Waals surface area contributed by atoms with Crippen LogP contribution in [-0.4, -0.2) is 22.9 Å². The van der Waals surface area contributed by atoms with Crippen LogP contribution in [0.25, 0.3) is 0 Å². The number of hydrogen-bond acceptors (Lipinski definition) is 4. The molecule has 1 aromatic heterocycles. The van der Waals surface area contributed by atoms with Gasteiger partial charge in [-0.05, 0) is 49.5 Å². The number of carboxylic acid groups (broad SMARTS) is 1.